The molecule has 0 saturated heterocycles. The first-order chi connectivity index (χ1) is 8.43. The van der Waals surface area contributed by atoms with Crippen molar-refractivity contribution in [3.8, 4) is 0 Å². The van der Waals surface area contributed by atoms with E-state index < -0.39 is 0 Å². The normalized spacial score (nSPS) is 12.6. The van der Waals surface area contributed by atoms with E-state index in [2.05, 4.69) is 41.8 Å². The largest absolute Gasteiger partial charge is 0.348 e. The van der Waals surface area contributed by atoms with Gasteiger partial charge in [0.2, 0.25) is 0 Å². The van der Waals surface area contributed by atoms with E-state index in [1.54, 1.807) is 12.1 Å². The van der Waals surface area contributed by atoms with E-state index in [0.717, 1.165) is 9.99 Å². The fourth-order valence-corrected chi connectivity index (χ4v) is 2.21. The number of rotatable bonds is 5. The second kappa shape index (κ2) is 7.31. The first-order valence-electron chi connectivity index (χ1n) is 5.90. The third-order valence-corrected chi connectivity index (χ3v) is 4.13. The molecule has 0 aromatic heterocycles. The molecule has 0 spiro atoms. The first kappa shape index (κ1) is 15.7. The minimum atomic E-state index is -0.121. The Morgan fingerprint density at radius 3 is 2.67 bits per heavy atom. The zero-order valence-corrected chi connectivity index (χ0v) is 13.5. The number of nitrogens with one attached hydrogen (secondary N) is 1. The molecule has 0 bridgehead atoms. The average Bonchev–Trinajstić information content (AvgIpc) is 2.31. The van der Waals surface area contributed by atoms with Crippen LogP contribution in [0, 0.1) is 9.49 Å². The van der Waals surface area contributed by atoms with Crippen LogP contribution in [0.4, 0.5) is 0 Å². The summed E-state index contributed by atoms with van der Waals surface area (Å²) in [6.45, 7) is 4.66. The Labute approximate surface area is 127 Å². The molecule has 1 aromatic carbocycles. The molecule has 0 saturated carbocycles. The van der Waals surface area contributed by atoms with Crippen molar-refractivity contribution in [1.29, 1.82) is 0 Å². The van der Waals surface area contributed by atoms with E-state index in [4.69, 9.17) is 17.3 Å². The molecule has 5 heteroatoms. The van der Waals surface area contributed by atoms with Gasteiger partial charge in [-0.3, -0.25) is 4.79 Å². The van der Waals surface area contributed by atoms with Gasteiger partial charge in [0.1, 0.15) is 0 Å². The van der Waals surface area contributed by atoms with Gasteiger partial charge >= 0.3 is 0 Å². The van der Waals surface area contributed by atoms with Crippen molar-refractivity contribution in [1.82, 2.24) is 5.32 Å². The Morgan fingerprint density at radius 1 is 1.50 bits per heavy atom. The van der Waals surface area contributed by atoms with Crippen molar-refractivity contribution in [3.63, 3.8) is 0 Å². The van der Waals surface area contributed by atoms with E-state index in [9.17, 15) is 4.79 Å². The van der Waals surface area contributed by atoms with Crippen LogP contribution in [-0.2, 0) is 0 Å². The fourth-order valence-electron chi connectivity index (χ4n) is 1.69. The van der Waals surface area contributed by atoms with Crippen molar-refractivity contribution in [3.05, 3.63) is 32.4 Å². The smallest absolute Gasteiger partial charge is 0.251 e. The number of hydrogen-bond acceptors (Lipinski definition) is 2. The van der Waals surface area contributed by atoms with E-state index in [1.165, 1.54) is 0 Å². The number of carbonyl (C=O) groups excluding carboxylic acids is 1. The summed E-state index contributed by atoms with van der Waals surface area (Å²) in [5, 5.41) is 3.53. The highest BCUT2D eigenvalue weighted by molar-refractivity contribution is 14.1. The highest BCUT2D eigenvalue weighted by atomic mass is 127. The standard InChI is InChI=1S/C13H18ClIN2O/c1-8(2)5-10(7-16)17-13(18)9-3-4-12(15)11(14)6-9/h3-4,6,8,10H,5,7,16H2,1-2H3,(H,17,18). The van der Waals surface area contributed by atoms with Crippen molar-refractivity contribution < 1.29 is 4.79 Å². The summed E-state index contributed by atoms with van der Waals surface area (Å²) in [4.78, 5) is 12.0. The summed E-state index contributed by atoms with van der Waals surface area (Å²) >= 11 is 8.13. The molecule has 1 atom stereocenters. The zero-order valence-electron chi connectivity index (χ0n) is 10.5. The Bertz CT molecular complexity index is 423. The number of nitrogens with two attached hydrogens (primary N) is 1. The second-order valence-electron chi connectivity index (χ2n) is 4.66. The Balaban J connectivity index is 2.71. The molecule has 0 aliphatic carbocycles. The molecular formula is C13H18ClIN2O. The maximum atomic E-state index is 12.0. The zero-order chi connectivity index (χ0) is 13.7. The van der Waals surface area contributed by atoms with Gasteiger partial charge in [0, 0.05) is 21.7 Å². The molecule has 0 radical (unpaired) electrons. The molecule has 3 N–H and O–H groups in total. The molecule has 0 aliphatic rings. The SMILES string of the molecule is CC(C)CC(CN)NC(=O)c1ccc(I)c(Cl)c1. The van der Waals surface area contributed by atoms with Gasteiger partial charge in [0.15, 0.2) is 0 Å². The maximum Gasteiger partial charge on any atom is 0.251 e. The third-order valence-electron chi connectivity index (χ3n) is 2.56. The molecule has 100 valence electrons. The van der Waals surface area contributed by atoms with Gasteiger partial charge in [-0.15, -0.1) is 0 Å². The van der Waals surface area contributed by atoms with Crippen molar-refractivity contribution in [2.45, 2.75) is 26.3 Å². The maximum absolute atomic E-state index is 12.0. The number of benzene rings is 1. The summed E-state index contributed by atoms with van der Waals surface area (Å²) in [5.41, 5.74) is 6.23. The summed E-state index contributed by atoms with van der Waals surface area (Å²) in [6.07, 6.45) is 0.875. The van der Waals surface area contributed by atoms with Gasteiger partial charge in [-0.05, 0) is 53.1 Å². The number of amides is 1. The number of hydrogen-bond donors (Lipinski definition) is 2. The lowest BCUT2D eigenvalue weighted by Gasteiger charge is -2.18. The molecule has 18 heavy (non-hydrogen) atoms. The Kier molecular flexibility index (Phi) is 6.38. The Morgan fingerprint density at radius 2 is 2.17 bits per heavy atom. The van der Waals surface area contributed by atoms with Gasteiger partial charge in [-0.2, -0.15) is 0 Å². The van der Waals surface area contributed by atoms with E-state index in [1.807, 2.05) is 6.07 Å². The van der Waals surface area contributed by atoms with Crippen molar-refractivity contribution in [2.24, 2.45) is 11.7 Å². The summed E-state index contributed by atoms with van der Waals surface area (Å²) < 4.78 is 0.934. The van der Waals surface area contributed by atoms with Gasteiger partial charge < -0.3 is 11.1 Å². The highest BCUT2D eigenvalue weighted by Crippen LogP contribution is 2.19. The predicted molar refractivity (Wildman–Crippen MR) is 83.9 cm³/mol. The minimum absolute atomic E-state index is 0.00977. The van der Waals surface area contributed by atoms with Crippen LogP contribution in [0.5, 0.6) is 0 Å². The molecule has 1 rings (SSSR count). The summed E-state index contributed by atoms with van der Waals surface area (Å²) in [6, 6.07) is 5.29. The van der Waals surface area contributed by atoms with Crippen LogP contribution in [0.15, 0.2) is 18.2 Å². The van der Waals surface area contributed by atoms with E-state index in [-0.39, 0.29) is 11.9 Å². The molecule has 1 amide bonds. The van der Waals surface area contributed by atoms with Crippen LogP contribution in [0.25, 0.3) is 0 Å². The first-order valence-corrected chi connectivity index (χ1v) is 7.35. The average molecular weight is 381 g/mol. The summed E-state index contributed by atoms with van der Waals surface area (Å²) in [5.74, 6) is 0.378. The van der Waals surface area contributed by atoms with Gasteiger partial charge in [0.05, 0.1) is 5.02 Å². The van der Waals surface area contributed by atoms with Crippen LogP contribution in [0.1, 0.15) is 30.6 Å². The third kappa shape index (κ3) is 4.74. The lowest BCUT2D eigenvalue weighted by atomic mass is 10.0. The van der Waals surface area contributed by atoms with Gasteiger partial charge in [-0.25, -0.2) is 0 Å². The van der Waals surface area contributed by atoms with Crippen LogP contribution in [0.3, 0.4) is 0 Å². The van der Waals surface area contributed by atoms with Crippen LogP contribution >= 0.6 is 34.2 Å². The van der Waals surface area contributed by atoms with E-state index >= 15 is 0 Å². The molecule has 3 nitrogen and oxygen atoms in total. The number of carbonyl (C=O) groups is 1. The van der Waals surface area contributed by atoms with Crippen LogP contribution < -0.4 is 11.1 Å². The number of halogens is 2. The van der Waals surface area contributed by atoms with Crippen LogP contribution in [-0.4, -0.2) is 18.5 Å². The van der Waals surface area contributed by atoms with E-state index in [0.29, 0.717) is 23.0 Å². The van der Waals surface area contributed by atoms with Crippen LogP contribution in [0.2, 0.25) is 5.02 Å². The Hall–Kier alpha value is -0.330. The summed E-state index contributed by atoms with van der Waals surface area (Å²) in [7, 11) is 0. The molecule has 1 aromatic rings. The van der Waals surface area contributed by atoms with Crippen molar-refractivity contribution >= 4 is 40.1 Å². The fraction of sp³-hybridized carbons (Fsp3) is 0.462. The molecule has 0 fully saturated rings. The topological polar surface area (TPSA) is 55.1 Å². The highest BCUT2D eigenvalue weighted by Gasteiger charge is 2.14. The molecular weight excluding hydrogens is 363 g/mol. The second-order valence-corrected chi connectivity index (χ2v) is 6.23. The molecule has 0 heterocycles. The monoisotopic (exact) mass is 380 g/mol. The molecule has 1 unspecified atom stereocenters. The van der Waals surface area contributed by atoms with Gasteiger partial charge in [-0.1, -0.05) is 25.4 Å². The quantitative estimate of drug-likeness (QED) is 0.772. The minimum Gasteiger partial charge on any atom is -0.348 e. The molecule has 0 aliphatic heterocycles. The predicted octanol–water partition coefficient (Wildman–Crippen LogP) is 3.05. The lowest BCUT2D eigenvalue weighted by molar-refractivity contribution is 0.0933. The van der Waals surface area contributed by atoms with Gasteiger partial charge in [0.25, 0.3) is 5.91 Å². The van der Waals surface area contributed by atoms with Crippen molar-refractivity contribution in [2.75, 3.05) is 6.54 Å². The lowest BCUT2D eigenvalue weighted by Crippen LogP contribution is -2.41.